The lowest BCUT2D eigenvalue weighted by Crippen LogP contribution is -2.33. The number of hydrazone groups is 1. The number of hydrogen-bond acceptors (Lipinski definition) is 5. The van der Waals surface area contributed by atoms with Gasteiger partial charge in [-0.3, -0.25) is 4.79 Å². The molecule has 0 fully saturated rings. The van der Waals surface area contributed by atoms with Crippen LogP contribution in [0, 0.1) is 6.92 Å². The van der Waals surface area contributed by atoms with Crippen LogP contribution in [-0.2, 0) is 9.53 Å². The average molecular weight is 433 g/mol. The van der Waals surface area contributed by atoms with E-state index in [0.717, 1.165) is 29.3 Å². The number of carbonyl (C=O) groups is 2. The van der Waals surface area contributed by atoms with Crippen molar-refractivity contribution >= 4 is 40.7 Å². The molecule has 1 heterocycles. The first-order chi connectivity index (χ1) is 14.1. The van der Waals surface area contributed by atoms with Crippen molar-refractivity contribution in [2.24, 2.45) is 5.10 Å². The highest BCUT2D eigenvalue weighted by molar-refractivity contribution is 6.32. The third-order valence-electron chi connectivity index (χ3n) is 4.10. The van der Waals surface area contributed by atoms with Crippen LogP contribution >= 0.6 is 11.6 Å². The number of alkyl carbamates (subject to hydrolysis) is 1. The van der Waals surface area contributed by atoms with E-state index in [1.807, 2.05) is 52.0 Å². The number of rotatable bonds is 8. The van der Waals surface area contributed by atoms with Gasteiger partial charge in [-0.1, -0.05) is 30.2 Å². The number of benzene rings is 1. The van der Waals surface area contributed by atoms with Crippen LogP contribution in [0.3, 0.4) is 0 Å². The molecule has 2 N–H and O–H groups in total. The standard InChI is InChI=1S/C22H29ClN4O3/c1-15-9-10-16-13-17(20(23)26-18(16)12-15)14-25-27-19(28)8-6-5-7-11-24-21(29)30-22(2,3)4/h9-10,12-14H,5-8,11H2,1-4H3,(H,24,29)(H,27,28)/b25-14-. The monoisotopic (exact) mass is 432 g/mol. The number of nitrogens with one attached hydrogen (secondary N) is 2. The summed E-state index contributed by atoms with van der Waals surface area (Å²) in [5.41, 5.74) is 4.57. The largest absolute Gasteiger partial charge is 0.444 e. The Hall–Kier alpha value is -2.67. The zero-order chi connectivity index (χ0) is 22.1. The number of unbranched alkanes of at least 4 members (excludes halogenated alkanes) is 2. The van der Waals surface area contributed by atoms with Crippen molar-refractivity contribution in [1.82, 2.24) is 15.7 Å². The third-order valence-corrected chi connectivity index (χ3v) is 4.40. The molecule has 0 unspecified atom stereocenters. The van der Waals surface area contributed by atoms with Crippen molar-refractivity contribution in [1.29, 1.82) is 0 Å². The molecule has 2 rings (SSSR count). The van der Waals surface area contributed by atoms with Crippen LogP contribution in [0.2, 0.25) is 5.15 Å². The number of aryl methyl sites for hydroxylation is 1. The van der Waals surface area contributed by atoms with Gasteiger partial charge < -0.3 is 10.1 Å². The first kappa shape index (κ1) is 23.6. The number of halogens is 1. The summed E-state index contributed by atoms with van der Waals surface area (Å²) in [5, 5.41) is 7.97. The summed E-state index contributed by atoms with van der Waals surface area (Å²) in [5.74, 6) is -0.174. The molecule has 30 heavy (non-hydrogen) atoms. The normalized spacial score (nSPS) is 11.6. The topological polar surface area (TPSA) is 92.7 Å². The Balaban J connectivity index is 1.68. The zero-order valence-corrected chi connectivity index (χ0v) is 18.7. The van der Waals surface area contributed by atoms with Crippen LogP contribution in [0.5, 0.6) is 0 Å². The summed E-state index contributed by atoms with van der Waals surface area (Å²) >= 11 is 6.21. The maximum atomic E-state index is 11.9. The lowest BCUT2D eigenvalue weighted by atomic mass is 10.1. The first-order valence-electron chi connectivity index (χ1n) is 10.00. The van der Waals surface area contributed by atoms with Crippen LogP contribution < -0.4 is 10.7 Å². The highest BCUT2D eigenvalue weighted by atomic mass is 35.5. The molecule has 1 aromatic carbocycles. The van der Waals surface area contributed by atoms with Gasteiger partial charge in [0.05, 0.1) is 11.7 Å². The van der Waals surface area contributed by atoms with Gasteiger partial charge in [-0.15, -0.1) is 0 Å². The number of aromatic nitrogens is 1. The van der Waals surface area contributed by atoms with Gasteiger partial charge in [0.25, 0.3) is 0 Å². The summed E-state index contributed by atoms with van der Waals surface area (Å²) in [6.45, 7) is 7.97. The van der Waals surface area contributed by atoms with Gasteiger partial charge in [0.15, 0.2) is 0 Å². The molecule has 2 amide bonds. The molecule has 8 heteroatoms. The second-order valence-electron chi connectivity index (χ2n) is 8.10. The SMILES string of the molecule is Cc1ccc2cc(/C=N\NC(=O)CCCCCNC(=O)OC(C)(C)C)c(Cl)nc2c1. The average Bonchev–Trinajstić information content (AvgIpc) is 2.63. The maximum absolute atomic E-state index is 11.9. The Labute approximate surface area is 182 Å². The van der Waals surface area contributed by atoms with Crippen LogP contribution in [-0.4, -0.2) is 35.3 Å². The quantitative estimate of drug-likeness (QED) is 0.273. The fourth-order valence-electron chi connectivity index (χ4n) is 2.68. The Kier molecular flexibility index (Phi) is 8.59. The molecule has 0 saturated carbocycles. The van der Waals surface area contributed by atoms with E-state index in [0.29, 0.717) is 30.1 Å². The fraction of sp³-hybridized carbons (Fsp3) is 0.455. The minimum atomic E-state index is -0.505. The van der Waals surface area contributed by atoms with Gasteiger partial charge in [-0.05, 0) is 58.2 Å². The predicted molar refractivity (Wildman–Crippen MR) is 120 cm³/mol. The number of ether oxygens (including phenoxy) is 1. The van der Waals surface area contributed by atoms with Crippen molar-refractivity contribution in [3.05, 3.63) is 40.5 Å². The highest BCUT2D eigenvalue weighted by Crippen LogP contribution is 2.20. The highest BCUT2D eigenvalue weighted by Gasteiger charge is 2.15. The van der Waals surface area contributed by atoms with E-state index in [1.165, 1.54) is 6.21 Å². The van der Waals surface area contributed by atoms with Crippen LogP contribution in [0.1, 0.15) is 57.6 Å². The van der Waals surface area contributed by atoms with E-state index in [1.54, 1.807) is 0 Å². The summed E-state index contributed by atoms with van der Waals surface area (Å²) in [6, 6.07) is 7.83. The van der Waals surface area contributed by atoms with Gasteiger partial charge in [-0.25, -0.2) is 15.2 Å². The summed E-state index contributed by atoms with van der Waals surface area (Å²) in [6.07, 6.45) is 3.71. The molecule has 2 aromatic rings. The van der Waals surface area contributed by atoms with Gasteiger partial charge in [0, 0.05) is 23.9 Å². The Bertz CT molecular complexity index is 922. The number of amides is 2. The van der Waals surface area contributed by atoms with Gasteiger partial charge in [0.2, 0.25) is 5.91 Å². The molecule has 0 atom stereocenters. The summed E-state index contributed by atoms with van der Waals surface area (Å²) < 4.78 is 5.16. The third kappa shape index (κ3) is 8.37. The molecule has 0 saturated heterocycles. The predicted octanol–water partition coefficient (Wildman–Crippen LogP) is 4.73. The second kappa shape index (κ2) is 10.9. The zero-order valence-electron chi connectivity index (χ0n) is 17.9. The number of hydrogen-bond donors (Lipinski definition) is 2. The van der Waals surface area contributed by atoms with Crippen molar-refractivity contribution < 1.29 is 14.3 Å². The fourth-order valence-corrected chi connectivity index (χ4v) is 2.88. The maximum Gasteiger partial charge on any atom is 0.407 e. The molecule has 1 aromatic heterocycles. The molecule has 0 aliphatic rings. The van der Waals surface area contributed by atoms with Crippen LogP contribution in [0.4, 0.5) is 4.79 Å². The minimum Gasteiger partial charge on any atom is -0.444 e. The lowest BCUT2D eigenvalue weighted by molar-refractivity contribution is -0.121. The smallest absolute Gasteiger partial charge is 0.407 e. The van der Waals surface area contributed by atoms with E-state index >= 15 is 0 Å². The molecule has 0 aliphatic heterocycles. The second-order valence-corrected chi connectivity index (χ2v) is 8.46. The van der Waals surface area contributed by atoms with Crippen LogP contribution in [0.15, 0.2) is 29.4 Å². The Morgan fingerprint density at radius 1 is 1.20 bits per heavy atom. The van der Waals surface area contributed by atoms with E-state index in [2.05, 4.69) is 20.8 Å². The van der Waals surface area contributed by atoms with E-state index in [4.69, 9.17) is 16.3 Å². The van der Waals surface area contributed by atoms with E-state index in [9.17, 15) is 9.59 Å². The van der Waals surface area contributed by atoms with Crippen LogP contribution in [0.25, 0.3) is 10.9 Å². The molecule has 0 aliphatic carbocycles. The summed E-state index contributed by atoms with van der Waals surface area (Å²) in [4.78, 5) is 27.8. The molecule has 7 nitrogen and oxygen atoms in total. The first-order valence-corrected chi connectivity index (χ1v) is 10.4. The molecule has 0 radical (unpaired) electrons. The molecule has 0 spiro atoms. The summed E-state index contributed by atoms with van der Waals surface area (Å²) in [7, 11) is 0. The van der Waals surface area contributed by atoms with Crippen molar-refractivity contribution in [3.63, 3.8) is 0 Å². The van der Waals surface area contributed by atoms with Crippen molar-refractivity contribution in [2.75, 3.05) is 6.54 Å². The van der Waals surface area contributed by atoms with E-state index in [-0.39, 0.29) is 5.91 Å². The Morgan fingerprint density at radius 3 is 2.70 bits per heavy atom. The number of nitrogens with zero attached hydrogens (tertiary/aromatic N) is 2. The number of carbonyl (C=O) groups excluding carboxylic acids is 2. The van der Waals surface area contributed by atoms with Gasteiger partial charge in [-0.2, -0.15) is 5.10 Å². The number of fused-ring (bicyclic) bond motifs is 1. The molecule has 0 bridgehead atoms. The van der Waals surface area contributed by atoms with Gasteiger partial charge >= 0.3 is 6.09 Å². The molecular weight excluding hydrogens is 404 g/mol. The molecule has 162 valence electrons. The molecular formula is C22H29ClN4O3. The minimum absolute atomic E-state index is 0.174. The lowest BCUT2D eigenvalue weighted by Gasteiger charge is -2.19. The van der Waals surface area contributed by atoms with E-state index < -0.39 is 11.7 Å². The van der Waals surface area contributed by atoms with Crippen molar-refractivity contribution in [3.8, 4) is 0 Å². The Morgan fingerprint density at radius 2 is 1.97 bits per heavy atom. The number of pyridine rings is 1. The van der Waals surface area contributed by atoms with Gasteiger partial charge in [0.1, 0.15) is 10.8 Å². The van der Waals surface area contributed by atoms with Crippen molar-refractivity contribution in [2.45, 2.75) is 59.0 Å².